The van der Waals surface area contributed by atoms with Crippen molar-refractivity contribution in [3.63, 3.8) is 0 Å². The zero-order valence-corrected chi connectivity index (χ0v) is 15.7. The van der Waals surface area contributed by atoms with Gasteiger partial charge in [-0.3, -0.25) is 14.4 Å². The van der Waals surface area contributed by atoms with Gasteiger partial charge in [0.25, 0.3) is 0 Å². The summed E-state index contributed by atoms with van der Waals surface area (Å²) in [4.78, 5) is 15.2. The highest BCUT2D eigenvalue weighted by Gasteiger charge is 2.37. The first-order chi connectivity index (χ1) is 11.9. The van der Waals surface area contributed by atoms with Gasteiger partial charge in [-0.15, -0.1) is 0 Å². The minimum absolute atomic E-state index is 0.0260. The molecule has 0 aromatic carbocycles. The van der Waals surface area contributed by atoms with Crippen molar-refractivity contribution < 1.29 is 9.32 Å². The molecule has 2 aromatic heterocycles. The lowest BCUT2D eigenvalue weighted by Gasteiger charge is -2.31. The summed E-state index contributed by atoms with van der Waals surface area (Å²) < 4.78 is 6.97. The number of hydrogen-bond acceptors (Lipinski definition) is 5. The number of carbonyl (C=O) groups is 1. The highest BCUT2D eigenvalue weighted by atomic mass is 16.5. The third-order valence-corrected chi connectivity index (χ3v) is 5.16. The van der Waals surface area contributed by atoms with Crippen molar-refractivity contribution in [2.24, 2.45) is 7.05 Å². The number of nitrogens with one attached hydrogen (secondary N) is 1. The molecule has 1 N–H and O–H groups in total. The van der Waals surface area contributed by atoms with E-state index in [9.17, 15) is 4.79 Å². The van der Waals surface area contributed by atoms with E-state index in [2.05, 4.69) is 41.2 Å². The van der Waals surface area contributed by atoms with Crippen LogP contribution >= 0.6 is 0 Å². The number of amides is 1. The smallest absolute Gasteiger partial charge is 0.242 e. The maximum atomic E-state index is 12.8. The average Bonchev–Trinajstić information content (AvgIpc) is 3.23. The minimum atomic E-state index is -0.191. The summed E-state index contributed by atoms with van der Waals surface area (Å²) in [6, 6.07) is 1.79. The van der Waals surface area contributed by atoms with E-state index in [-0.39, 0.29) is 18.0 Å². The molecule has 1 aliphatic rings. The second-order valence-electron chi connectivity index (χ2n) is 6.84. The molecule has 0 aliphatic carbocycles. The monoisotopic (exact) mass is 345 g/mol. The van der Waals surface area contributed by atoms with Crippen LogP contribution in [0.2, 0.25) is 0 Å². The van der Waals surface area contributed by atoms with Crippen molar-refractivity contribution in [2.45, 2.75) is 59.0 Å². The van der Waals surface area contributed by atoms with Gasteiger partial charge in [0, 0.05) is 30.4 Å². The standard InChI is InChI=1S/C18H27N5O2/c1-6-14(18(24)19-16-10-11(2)25-21-16)23-9-7-8-15(23)17-12(3)20-22(5)13(17)4/h10,14-15H,6-9H2,1-5H3,(H,19,21,24)/t14-,15-/m1/s1. The van der Waals surface area contributed by atoms with Gasteiger partial charge in [-0.1, -0.05) is 12.1 Å². The fourth-order valence-electron chi connectivity index (χ4n) is 3.95. The van der Waals surface area contributed by atoms with Crippen LogP contribution in [-0.4, -0.2) is 38.3 Å². The summed E-state index contributed by atoms with van der Waals surface area (Å²) in [7, 11) is 1.97. The Morgan fingerprint density at radius 2 is 2.20 bits per heavy atom. The molecule has 7 heteroatoms. The summed E-state index contributed by atoms with van der Waals surface area (Å²) in [5, 5.41) is 11.3. The molecular weight excluding hydrogens is 318 g/mol. The molecule has 0 saturated carbocycles. The molecule has 0 radical (unpaired) electrons. The van der Waals surface area contributed by atoms with Crippen molar-refractivity contribution in [1.29, 1.82) is 0 Å². The summed E-state index contributed by atoms with van der Waals surface area (Å²) in [5.41, 5.74) is 3.50. The van der Waals surface area contributed by atoms with E-state index in [1.54, 1.807) is 6.07 Å². The van der Waals surface area contributed by atoms with Crippen LogP contribution in [0, 0.1) is 20.8 Å². The molecule has 7 nitrogen and oxygen atoms in total. The predicted octanol–water partition coefficient (Wildman–Crippen LogP) is 2.89. The maximum absolute atomic E-state index is 12.8. The lowest BCUT2D eigenvalue weighted by molar-refractivity contribution is -0.121. The highest BCUT2D eigenvalue weighted by molar-refractivity contribution is 5.94. The first kappa shape index (κ1) is 17.7. The van der Waals surface area contributed by atoms with Crippen LogP contribution < -0.4 is 5.32 Å². The minimum Gasteiger partial charge on any atom is -0.360 e. The zero-order chi connectivity index (χ0) is 18.1. The Kier molecular flexibility index (Phi) is 4.94. The molecule has 0 spiro atoms. The van der Waals surface area contributed by atoms with Crippen molar-refractivity contribution in [3.8, 4) is 0 Å². The van der Waals surface area contributed by atoms with Gasteiger partial charge in [-0.25, -0.2) is 0 Å². The second-order valence-corrected chi connectivity index (χ2v) is 6.84. The van der Waals surface area contributed by atoms with Gasteiger partial charge in [-0.05, 0) is 46.6 Å². The van der Waals surface area contributed by atoms with Crippen molar-refractivity contribution in [1.82, 2.24) is 19.8 Å². The lowest BCUT2D eigenvalue weighted by Crippen LogP contribution is -2.43. The van der Waals surface area contributed by atoms with E-state index in [0.717, 1.165) is 31.5 Å². The zero-order valence-electron chi connectivity index (χ0n) is 15.7. The van der Waals surface area contributed by atoms with E-state index in [4.69, 9.17) is 4.52 Å². The Hall–Kier alpha value is -2.15. The number of likely N-dealkylation sites (tertiary alicyclic amines) is 1. The van der Waals surface area contributed by atoms with Crippen LogP contribution in [0.5, 0.6) is 0 Å². The largest absolute Gasteiger partial charge is 0.360 e. The number of carbonyl (C=O) groups excluding carboxylic acids is 1. The number of anilines is 1. The summed E-state index contributed by atoms with van der Waals surface area (Å²) in [6.07, 6.45) is 2.89. The van der Waals surface area contributed by atoms with Crippen LogP contribution in [0.15, 0.2) is 10.6 Å². The topological polar surface area (TPSA) is 76.2 Å². The van der Waals surface area contributed by atoms with E-state index in [1.807, 2.05) is 18.7 Å². The van der Waals surface area contributed by atoms with E-state index in [0.29, 0.717) is 11.6 Å². The van der Waals surface area contributed by atoms with Gasteiger partial charge in [0.15, 0.2) is 5.82 Å². The quantitative estimate of drug-likeness (QED) is 0.902. The summed E-state index contributed by atoms with van der Waals surface area (Å²) in [6.45, 7) is 8.94. The van der Waals surface area contributed by atoms with Crippen LogP contribution in [0.25, 0.3) is 0 Å². The van der Waals surface area contributed by atoms with Crippen molar-refractivity contribution in [3.05, 3.63) is 28.8 Å². The normalized spacial score (nSPS) is 19.3. The van der Waals surface area contributed by atoms with Crippen LogP contribution in [-0.2, 0) is 11.8 Å². The molecule has 3 rings (SSSR count). The van der Waals surface area contributed by atoms with E-state index >= 15 is 0 Å². The number of aromatic nitrogens is 3. The molecule has 1 saturated heterocycles. The molecule has 0 unspecified atom stereocenters. The van der Waals surface area contributed by atoms with Crippen LogP contribution in [0.1, 0.15) is 54.9 Å². The Morgan fingerprint density at radius 1 is 1.44 bits per heavy atom. The molecule has 1 amide bonds. The summed E-state index contributed by atoms with van der Waals surface area (Å²) >= 11 is 0. The number of rotatable bonds is 5. The summed E-state index contributed by atoms with van der Waals surface area (Å²) in [5.74, 6) is 1.14. The molecule has 1 fully saturated rings. The first-order valence-corrected chi connectivity index (χ1v) is 8.92. The van der Waals surface area contributed by atoms with Crippen LogP contribution in [0.4, 0.5) is 5.82 Å². The van der Waals surface area contributed by atoms with Gasteiger partial charge in [0.05, 0.1) is 11.7 Å². The SMILES string of the molecule is CC[C@H](C(=O)Nc1cc(C)on1)N1CCC[C@@H]1c1c(C)nn(C)c1C. The van der Waals surface area contributed by atoms with Gasteiger partial charge in [0.1, 0.15) is 5.76 Å². The Balaban J connectivity index is 1.82. The average molecular weight is 345 g/mol. The Labute approximate surface area is 148 Å². The fourth-order valence-corrected chi connectivity index (χ4v) is 3.95. The van der Waals surface area contributed by atoms with Gasteiger partial charge >= 0.3 is 0 Å². The van der Waals surface area contributed by atoms with Crippen LogP contribution in [0.3, 0.4) is 0 Å². The van der Waals surface area contributed by atoms with E-state index in [1.165, 1.54) is 11.3 Å². The molecule has 1 aliphatic heterocycles. The number of aryl methyl sites for hydroxylation is 3. The third kappa shape index (κ3) is 3.33. The molecule has 3 heterocycles. The Morgan fingerprint density at radius 3 is 2.76 bits per heavy atom. The predicted molar refractivity (Wildman–Crippen MR) is 95.3 cm³/mol. The first-order valence-electron chi connectivity index (χ1n) is 8.92. The molecule has 136 valence electrons. The van der Waals surface area contributed by atoms with Crippen molar-refractivity contribution in [2.75, 3.05) is 11.9 Å². The fraction of sp³-hybridized carbons (Fsp3) is 0.611. The van der Waals surface area contributed by atoms with Gasteiger partial charge < -0.3 is 9.84 Å². The maximum Gasteiger partial charge on any atom is 0.242 e. The molecule has 0 bridgehead atoms. The van der Waals surface area contributed by atoms with Crippen molar-refractivity contribution >= 4 is 11.7 Å². The number of nitrogens with zero attached hydrogens (tertiary/aromatic N) is 4. The molecule has 2 atom stereocenters. The second kappa shape index (κ2) is 7.00. The molecule has 25 heavy (non-hydrogen) atoms. The highest BCUT2D eigenvalue weighted by Crippen LogP contribution is 2.37. The van der Waals surface area contributed by atoms with E-state index < -0.39 is 0 Å². The van der Waals surface area contributed by atoms with Gasteiger partial charge in [0.2, 0.25) is 5.91 Å². The molecular formula is C18H27N5O2. The van der Waals surface area contributed by atoms with Gasteiger partial charge in [-0.2, -0.15) is 5.10 Å². The third-order valence-electron chi connectivity index (χ3n) is 5.16. The Bertz CT molecular complexity index is 764. The number of hydrogen-bond donors (Lipinski definition) is 1. The molecule has 2 aromatic rings. The lowest BCUT2D eigenvalue weighted by atomic mass is 10.0.